The standard InChI is InChI=1S/C33H30F3N5O3/c34-24-11-9-23(10-12-24)21-41(32(43)27-5-1-2-6-28(27)35)22-31(42)37-25-13-15-26(16-14-25)39-17-19-40(20-18-39)33(44)38-30-8-4-3-7-29(30)36/h1-16H,17-22H2,(H,37,42)(H,38,44). The van der Waals surface area contributed by atoms with Crippen LogP contribution in [-0.4, -0.2) is 60.4 Å². The highest BCUT2D eigenvalue weighted by Crippen LogP contribution is 2.21. The Morgan fingerprint density at radius 1 is 0.705 bits per heavy atom. The van der Waals surface area contributed by atoms with E-state index in [2.05, 4.69) is 15.5 Å². The van der Waals surface area contributed by atoms with Gasteiger partial charge in [0.2, 0.25) is 5.91 Å². The Bertz CT molecular complexity index is 1620. The second kappa shape index (κ2) is 13.8. The summed E-state index contributed by atoms with van der Waals surface area (Å²) in [5.74, 6) is -2.79. The number of carbonyl (C=O) groups is 3. The highest BCUT2D eigenvalue weighted by molar-refractivity contribution is 5.99. The maximum atomic E-state index is 14.4. The fraction of sp³-hybridized carbons (Fsp3) is 0.182. The number of nitrogens with one attached hydrogen (secondary N) is 2. The first-order valence-corrected chi connectivity index (χ1v) is 14.0. The van der Waals surface area contributed by atoms with Crippen LogP contribution >= 0.6 is 0 Å². The van der Waals surface area contributed by atoms with Crippen molar-refractivity contribution in [2.75, 3.05) is 48.3 Å². The van der Waals surface area contributed by atoms with E-state index < -0.39 is 29.3 Å². The van der Waals surface area contributed by atoms with Gasteiger partial charge in [0.15, 0.2) is 0 Å². The molecule has 0 aromatic heterocycles. The number of rotatable bonds is 8. The number of halogens is 3. The van der Waals surface area contributed by atoms with Gasteiger partial charge in [-0.3, -0.25) is 9.59 Å². The van der Waals surface area contributed by atoms with Gasteiger partial charge < -0.3 is 25.3 Å². The molecule has 1 aliphatic heterocycles. The second-order valence-electron chi connectivity index (χ2n) is 10.2. The molecule has 1 fully saturated rings. The Hall–Kier alpha value is -5.32. The molecule has 1 heterocycles. The van der Waals surface area contributed by atoms with Crippen LogP contribution in [0, 0.1) is 17.5 Å². The fourth-order valence-corrected chi connectivity index (χ4v) is 4.87. The number of urea groups is 1. The molecule has 5 rings (SSSR count). The van der Waals surface area contributed by atoms with E-state index in [1.807, 2.05) is 12.1 Å². The minimum absolute atomic E-state index is 0.0237. The summed E-state index contributed by atoms with van der Waals surface area (Å²) in [6.45, 7) is 1.63. The predicted octanol–water partition coefficient (Wildman–Crippen LogP) is 5.74. The molecule has 1 saturated heterocycles. The first kappa shape index (κ1) is 30.1. The Morgan fingerprint density at radius 2 is 1.34 bits per heavy atom. The molecule has 0 bridgehead atoms. The molecule has 2 N–H and O–H groups in total. The molecule has 1 aliphatic rings. The van der Waals surface area contributed by atoms with Gasteiger partial charge in [-0.25, -0.2) is 18.0 Å². The van der Waals surface area contributed by atoms with Gasteiger partial charge in [0.05, 0.1) is 11.3 Å². The topological polar surface area (TPSA) is 85.0 Å². The third-order valence-corrected chi connectivity index (χ3v) is 7.21. The van der Waals surface area contributed by atoms with E-state index in [1.54, 1.807) is 29.2 Å². The summed E-state index contributed by atoms with van der Waals surface area (Å²) in [7, 11) is 0. The summed E-state index contributed by atoms with van der Waals surface area (Å²) in [5.41, 5.74) is 1.94. The van der Waals surface area contributed by atoms with Crippen LogP contribution in [0.1, 0.15) is 15.9 Å². The van der Waals surface area contributed by atoms with Crippen molar-refractivity contribution in [1.29, 1.82) is 0 Å². The van der Waals surface area contributed by atoms with Gasteiger partial charge in [0, 0.05) is 44.1 Å². The molecular weight excluding hydrogens is 571 g/mol. The van der Waals surface area contributed by atoms with Crippen LogP contribution in [0.15, 0.2) is 97.1 Å². The van der Waals surface area contributed by atoms with E-state index in [1.165, 1.54) is 65.6 Å². The number of carbonyl (C=O) groups excluding carboxylic acids is 3. The Balaban J connectivity index is 1.17. The summed E-state index contributed by atoms with van der Waals surface area (Å²) in [5, 5.41) is 5.37. The number of para-hydroxylation sites is 1. The van der Waals surface area contributed by atoms with Gasteiger partial charge in [0.25, 0.3) is 5.91 Å². The first-order valence-electron chi connectivity index (χ1n) is 14.0. The fourth-order valence-electron chi connectivity index (χ4n) is 4.87. The Morgan fingerprint density at radius 3 is 2.00 bits per heavy atom. The predicted molar refractivity (Wildman–Crippen MR) is 162 cm³/mol. The van der Waals surface area contributed by atoms with E-state index in [0.29, 0.717) is 37.4 Å². The van der Waals surface area contributed by atoms with E-state index in [0.717, 1.165) is 5.69 Å². The molecular formula is C33H30F3N5O3. The molecule has 0 atom stereocenters. The van der Waals surface area contributed by atoms with Crippen molar-refractivity contribution in [2.45, 2.75) is 6.54 Å². The van der Waals surface area contributed by atoms with Crippen LogP contribution in [0.4, 0.5) is 35.0 Å². The van der Waals surface area contributed by atoms with Gasteiger partial charge in [-0.05, 0) is 66.2 Å². The van der Waals surface area contributed by atoms with Crippen molar-refractivity contribution < 1.29 is 27.6 Å². The molecule has 0 saturated carbocycles. The van der Waals surface area contributed by atoms with Gasteiger partial charge in [-0.1, -0.05) is 36.4 Å². The Labute approximate surface area is 252 Å². The first-order chi connectivity index (χ1) is 21.3. The van der Waals surface area contributed by atoms with E-state index >= 15 is 0 Å². The molecule has 226 valence electrons. The van der Waals surface area contributed by atoms with Crippen LogP contribution in [0.5, 0.6) is 0 Å². The largest absolute Gasteiger partial charge is 0.368 e. The van der Waals surface area contributed by atoms with Crippen LogP contribution in [-0.2, 0) is 11.3 Å². The SMILES string of the molecule is O=C(CN(Cc1ccc(F)cc1)C(=O)c1ccccc1F)Nc1ccc(N2CCN(C(=O)Nc3ccccc3F)CC2)cc1. The number of amides is 4. The zero-order chi connectivity index (χ0) is 31.1. The third kappa shape index (κ3) is 7.54. The van der Waals surface area contributed by atoms with Gasteiger partial charge in [-0.2, -0.15) is 0 Å². The lowest BCUT2D eigenvalue weighted by molar-refractivity contribution is -0.117. The normalized spacial score (nSPS) is 12.9. The molecule has 0 aliphatic carbocycles. The molecule has 11 heteroatoms. The average Bonchev–Trinajstić information content (AvgIpc) is 3.03. The lowest BCUT2D eigenvalue weighted by Gasteiger charge is -2.36. The van der Waals surface area contributed by atoms with Gasteiger partial charge in [-0.15, -0.1) is 0 Å². The number of hydrogen-bond acceptors (Lipinski definition) is 4. The van der Waals surface area contributed by atoms with Gasteiger partial charge in [0.1, 0.15) is 24.0 Å². The molecule has 0 spiro atoms. The lowest BCUT2D eigenvalue weighted by atomic mass is 10.1. The van der Waals surface area contributed by atoms with Crippen LogP contribution < -0.4 is 15.5 Å². The monoisotopic (exact) mass is 601 g/mol. The number of hydrogen-bond donors (Lipinski definition) is 2. The second-order valence-corrected chi connectivity index (χ2v) is 10.2. The Kier molecular flexibility index (Phi) is 9.43. The van der Waals surface area contributed by atoms with E-state index in [9.17, 15) is 27.6 Å². The quantitative estimate of drug-likeness (QED) is 0.270. The molecule has 4 amide bonds. The molecule has 44 heavy (non-hydrogen) atoms. The number of anilines is 3. The van der Waals surface area contributed by atoms with Crippen molar-refractivity contribution >= 4 is 34.9 Å². The van der Waals surface area contributed by atoms with E-state index in [-0.39, 0.29) is 30.4 Å². The lowest BCUT2D eigenvalue weighted by Crippen LogP contribution is -2.50. The number of benzene rings is 4. The molecule has 8 nitrogen and oxygen atoms in total. The van der Waals surface area contributed by atoms with Crippen LogP contribution in [0.3, 0.4) is 0 Å². The van der Waals surface area contributed by atoms with Crippen molar-refractivity contribution in [3.05, 3.63) is 126 Å². The number of nitrogens with zero attached hydrogens (tertiary/aromatic N) is 3. The highest BCUT2D eigenvalue weighted by Gasteiger charge is 2.24. The summed E-state index contributed by atoms with van der Waals surface area (Å²) in [6.07, 6.45) is 0. The van der Waals surface area contributed by atoms with Crippen LogP contribution in [0.2, 0.25) is 0 Å². The summed E-state index contributed by atoms with van der Waals surface area (Å²) in [6, 6.07) is 23.8. The van der Waals surface area contributed by atoms with Crippen molar-refractivity contribution in [1.82, 2.24) is 9.80 Å². The molecule has 4 aromatic carbocycles. The number of piperazine rings is 1. The van der Waals surface area contributed by atoms with Crippen LogP contribution in [0.25, 0.3) is 0 Å². The molecule has 4 aromatic rings. The maximum Gasteiger partial charge on any atom is 0.322 e. The zero-order valence-electron chi connectivity index (χ0n) is 23.7. The van der Waals surface area contributed by atoms with E-state index in [4.69, 9.17) is 0 Å². The summed E-state index contributed by atoms with van der Waals surface area (Å²) < 4.78 is 41.7. The smallest absolute Gasteiger partial charge is 0.322 e. The molecule has 0 radical (unpaired) electrons. The third-order valence-electron chi connectivity index (χ3n) is 7.21. The molecule has 0 unspecified atom stereocenters. The summed E-state index contributed by atoms with van der Waals surface area (Å²) in [4.78, 5) is 43.7. The minimum atomic E-state index is -0.704. The summed E-state index contributed by atoms with van der Waals surface area (Å²) >= 11 is 0. The maximum absolute atomic E-state index is 14.4. The highest BCUT2D eigenvalue weighted by atomic mass is 19.1. The van der Waals surface area contributed by atoms with Gasteiger partial charge >= 0.3 is 6.03 Å². The average molecular weight is 602 g/mol. The minimum Gasteiger partial charge on any atom is -0.368 e. The zero-order valence-corrected chi connectivity index (χ0v) is 23.7. The van der Waals surface area contributed by atoms with Crippen molar-refractivity contribution in [2.24, 2.45) is 0 Å². The van der Waals surface area contributed by atoms with Crippen molar-refractivity contribution in [3.8, 4) is 0 Å². The van der Waals surface area contributed by atoms with Crippen molar-refractivity contribution in [3.63, 3.8) is 0 Å².